The third-order valence-electron chi connectivity index (χ3n) is 5.04. The summed E-state index contributed by atoms with van der Waals surface area (Å²) in [5, 5.41) is 6.13. The van der Waals surface area contributed by atoms with Crippen LogP contribution in [0, 0.1) is 0 Å². The molecule has 2 N–H and O–H groups in total. The largest absolute Gasteiger partial charge is 0.455 e. The van der Waals surface area contributed by atoms with E-state index in [-0.39, 0.29) is 9.79 Å². The molecule has 4 rings (SSSR count). The molecule has 0 aliphatic carbocycles. The Morgan fingerprint density at radius 3 is 1.27 bits per heavy atom. The molecule has 7 heteroatoms. The lowest BCUT2D eigenvalue weighted by Gasteiger charge is -2.12. The SMILES string of the molecule is CNc1ccccc1Oc1ccc(S(=O)(=O)c2ccc(Oc3ccccc3NC)cc2)cc1. The molecule has 0 atom stereocenters. The Bertz CT molecular complexity index is 1240. The maximum atomic E-state index is 13.1. The molecule has 0 aliphatic heterocycles. The van der Waals surface area contributed by atoms with E-state index in [1.807, 2.05) is 62.6 Å². The van der Waals surface area contributed by atoms with Crippen molar-refractivity contribution in [3.63, 3.8) is 0 Å². The molecule has 6 nitrogen and oxygen atoms in total. The lowest BCUT2D eigenvalue weighted by atomic mass is 10.3. The number of para-hydroxylation sites is 4. The lowest BCUT2D eigenvalue weighted by Crippen LogP contribution is -2.02. The highest BCUT2D eigenvalue weighted by molar-refractivity contribution is 7.91. The molecule has 0 fully saturated rings. The summed E-state index contributed by atoms with van der Waals surface area (Å²) in [6, 6.07) is 27.8. The number of anilines is 2. The van der Waals surface area contributed by atoms with E-state index in [0.717, 1.165) is 11.4 Å². The fourth-order valence-electron chi connectivity index (χ4n) is 3.29. The minimum absolute atomic E-state index is 0.186. The highest BCUT2D eigenvalue weighted by Gasteiger charge is 2.18. The number of hydrogen-bond donors (Lipinski definition) is 2. The third-order valence-corrected chi connectivity index (χ3v) is 6.82. The van der Waals surface area contributed by atoms with Gasteiger partial charge in [0.05, 0.1) is 21.2 Å². The van der Waals surface area contributed by atoms with E-state index in [0.29, 0.717) is 23.0 Å². The lowest BCUT2D eigenvalue weighted by molar-refractivity contribution is 0.484. The summed E-state index contributed by atoms with van der Waals surface area (Å²) in [5.74, 6) is 2.41. The molecule has 0 heterocycles. The second kappa shape index (κ2) is 9.67. The van der Waals surface area contributed by atoms with E-state index in [2.05, 4.69) is 10.6 Å². The van der Waals surface area contributed by atoms with Crippen molar-refractivity contribution < 1.29 is 17.9 Å². The molecule has 0 unspecified atom stereocenters. The second-order valence-corrected chi connectivity index (χ2v) is 9.09. The van der Waals surface area contributed by atoms with E-state index in [1.165, 1.54) is 0 Å². The molecule has 168 valence electrons. The molecular formula is C26H24N2O4S. The molecule has 0 saturated heterocycles. The standard InChI is InChI=1S/C26H24N2O4S/c1-27-23-7-3-5-9-25(23)31-19-11-15-21(16-12-19)33(29,30)22-17-13-20(14-18-22)32-26-10-6-4-8-24(26)28-2/h3-18,27-28H,1-2H3. The maximum Gasteiger partial charge on any atom is 0.206 e. The van der Waals surface area contributed by atoms with Gasteiger partial charge in [-0.25, -0.2) is 8.42 Å². The average molecular weight is 461 g/mol. The number of rotatable bonds is 8. The Labute approximate surface area is 193 Å². The first kappa shape index (κ1) is 22.2. The molecule has 0 amide bonds. The predicted molar refractivity (Wildman–Crippen MR) is 130 cm³/mol. The summed E-state index contributed by atoms with van der Waals surface area (Å²) in [7, 11) is -0.0534. The van der Waals surface area contributed by atoms with Gasteiger partial charge in [0.1, 0.15) is 23.0 Å². The van der Waals surface area contributed by atoms with Crippen LogP contribution in [0.15, 0.2) is 107 Å². The summed E-state index contributed by atoms with van der Waals surface area (Å²) < 4.78 is 37.9. The fourth-order valence-corrected chi connectivity index (χ4v) is 4.55. The van der Waals surface area contributed by atoms with Crippen LogP contribution in [-0.2, 0) is 9.84 Å². The smallest absolute Gasteiger partial charge is 0.206 e. The molecule has 0 bridgehead atoms. The number of ether oxygens (including phenoxy) is 2. The second-order valence-electron chi connectivity index (χ2n) is 7.14. The van der Waals surface area contributed by atoms with Crippen molar-refractivity contribution in [3.8, 4) is 23.0 Å². The van der Waals surface area contributed by atoms with Gasteiger partial charge in [0.25, 0.3) is 0 Å². The first-order chi connectivity index (χ1) is 16.0. The van der Waals surface area contributed by atoms with Gasteiger partial charge in [-0.05, 0) is 72.8 Å². The third kappa shape index (κ3) is 4.94. The van der Waals surface area contributed by atoms with Crippen LogP contribution in [0.2, 0.25) is 0 Å². The van der Waals surface area contributed by atoms with Gasteiger partial charge in [-0.2, -0.15) is 0 Å². The van der Waals surface area contributed by atoms with Crippen molar-refractivity contribution in [1.82, 2.24) is 0 Å². The molecule has 33 heavy (non-hydrogen) atoms. The van der Waals surface area contributed by atoms with Crippen molar-refractivity contribution in [2.45, 2.75) is 9.79 Å². The van der Waals surface area contributed by atoms with Gasteiger partial charge in [0, 0.05) is 14.1 Å². The Balaban J connectivity index is 1.51. The summed E-state index contributed by atoms with van der Waals surface area (Å²) in [5.41, 5.74) is 1.68. The van der Waals surface area contributed by atoms with E-state index < -0.39 is 9.84 Å². The van der Waals surface area contributed by atoms with Crippen LogP contribution in [0.25, 0.3) is 0 Å². The molecular weight excluding hydrogens is 436 g/mol. The highest BCUT2D eigenvalue weighted by Crippen LogP contribution is 2.32. The van der Waals surface area contributed by atoms with E-state index in [1.54, 1.807) is 48.5 Å². The number of hydrogen-bond acceptors (Lipinski definition) is 6. The van der Waals surface area contributed by atoms with Crippen LogP contribution < -0.4 is 20.1 Å². The van der Waals surface area contributed by atoms with E-state index in [4.69, 9.17) is 9.47 Å². The van der Waals surface area contributed by atoms with Crippen LogP contribution in [0.5, 0.6) is 23.0 Å². The Kier molecular flexibility index (Phi) is 6.51. The molecule has 0 aromatic heterocycles. The molecule has 0 radical (unpaired) electrons. The normalized spacial score (nSPS) is 11.0. The van der Waals surface area contributed by atoms with Crippen LogP contribution in [0.3, 0.4) is 0 Å². The monoisotopic (exact) mass is 460 g/mol. The first-order valence-electron chi connectivity index (χ1n) is 10.4. The highest BCUT2D eigenvalue weighted by atomic mass is 32.2. The van der Waals surface area contributed by atoms with Gasteiger partial charge in [0.2, 0.25) is 9.84 Å². The van der Waals surface area contributed by atoms with Crippen molar-refractivity contribution >= 4 is 21.2 Å². The van der Waals surface area contributed by atoms with Crippen LogP contribution >= 0.6 is 0 Å². The average Bonchev–Trinajstić information content (AvgIpc) is 2.85. The Hall–Kier alpha value is -3.97. The molecule has 0 saturated carbocycles. The zero-order chi connectivity index (χ0) is 23.3. The summed E-state index contributed by atoms with van der Waals surface area (Å²) in [4.78, 5) is 0.372. The summed E-state index contributed by atoms with van der Waals surface area (Å²) in [6.07, 6.45) is 0. The van der Waals surface area contributed by atoms with Crippen molar-refractivity contribution in [2.75, 3.05) is 24.7 Å². The van der Waals surface area contributed by atoms with Crippen LogP contribution in [0.1, 0.15) is 0 Å². The van der Waals surface area contributed by atoms with Crippen molar-refractivity contribution in [3.05, 3.63) is 97.1 Å². The number of sulfone groups is 1. The zero-order valence-corrected chi connectivity index (χ0v) is 19.1. The zero-order valence-electron chi connectivity index (χ0n) is 18.3. The van der Waals surface area contributed by atoms with Gasteiger partial charge in [-0.1, -0.05) is 24.3 Å². The number of benzene rings is 4. The van der Waals surface area contributed by atoms with Crippen molar-refractivity contribution in [1.29, 1.82) is 0 Å². The van der Waals surface area contributed by atoms with Gasteiger partial charge in [-0.3, -0.25) is 0 Å². The van der Waals surface area contributed by atoms with Gasteiger partial charge < -0.3 is 20.1 Å². The number of nitrogens with one attached hydrogen (secondary N) is 2. The fraction of sp³-hybridized carbons (Fsp3) is 0.0769. The van der Waals surface area contributed by atoms with Gasteiger partial charge >= 0.3 is 0 Å². The van der Waals surface area contributed by atoms with E-state index >= 15 is 0 Å². The van der Waals surface area contributed by atoms with Gasteiger partial charge in [0.15, 0.2) is 0 Å². The van der Waals surface area contributed by atoms with Crippen LogP contribution in [-0.4, -0.2) is 22.5 Å². The van der Waals surface area contributed by atoms with Crippen LogP contribution in [0.4, 0.5) is 11.4 Å². The maximum absolute atomic E-state index is 13.1. The van der Waals surface area contributed by atoms with Gasteiger partial charge in [-0.15, -0.1) is 0 Å². The topological polar surface area (TPSA) is 76.7 Å². The molecule has 0 spiro atoms. The Morgan fingerprint density at radius 2 is 0.909 bits per heavy atom. The molecule has 4 aromatic carbocycles. The quantitative estimate of drug-likeness (QED) is 0.327. The summed E-state index contributed by atoms with van der Waals surface area (Å²) in [6.45, 7) is 0. The Morgan fingerprint density at radius 1 is 0.545 bits per heavy atom. The minimum atomic E-state index is -3.68. The molecule has 4 aromatic rings. The molecule has 0 aliphatic rings. The van der Waals surface area contributed by atoms with Crippen molar-refractivity contribution in [2.24, 2.45) is 0 Å². The first-order valence-corrected chi connectivity index (χ1v) is 11.8. The minimum Gasteiger partial charge on any atom is -0.455 e. The van der Waals surface area contributed by atoms with E-state index in [9.17, 15) is 8.42 Å². The summed E-state index contributed by atoms with van der Waals surface area (Å²) >= 11 is 0. The predicted octanol–water partition coefficient (Wildman–Crippen LogP) is 6.19.